The molecule has 0 amide bonds. The van der Waals surface area contributed by atoms with Crippen LogP contribution in [-0.2, 0) is 4.74 Å². The zero-order valence-electron chi connectivity index (χ0n) is 18.8. The van der Waals surface area contributed by atoms with Gasteiger partial charge in [0, 0.05) is 12.7 Å². The van der Waals surface area contributed by atoms with Crippen molar-refractivity contribution >= 4 is 11.9 Å². The maximum atomic E-state index is 12.8. The first-order chi connectivity index (χ1) is 16.5. The molecule has 0 radical (unpaired) electrons. The van der Waals surface area contributed by atoms with E-state index in [9.17, 15) is 14.9 Å². The first-order valence-corrected chi connectivity index (χ1v) is 10.5. The van der Waals surface area contributed by atoms with E-state index in [2.05, 4.69) is 0 Å². The van der Waals surface area contributed by atoms with Crippen molar-refractivity contribution < 1.29 is 33.3 Å². The topological polar surface area (TPSA) is 104 Å². The van der Waals surface area contributed by atoms with E-state index in [0.29, 0.717) is 31.3 Å². The molecule has 8 heteroatoms. The number of carbonyl (C=O) groups excluding carboxylic acids is 2. The van der Waals surface area contributed by atoms with Gasteiger partial charge in [0.1, 0.15) is 41.2 Å². The van der Waals surface area contributed by atoms with Crippen LogP contribution in [0.2, 0.25) is 0 Å². The number of ether oxygens (including phenoxy) is 5. The summed E-state index contributed by atoms with van der Waals surface area (Å²) in [4.78, 5) is 25.4. The molecule has 0 aliphatic heterocycles. The Bertz CT molecular complexity index is 1180. The number of methoxy groups -OCH3 is 1. The molecule has 34 heavy (non-hydrogen) atoms. The van der Waals surface area contributed by atoms with Gasteiger partial charge in [-0.25, -0.2) is 9.59 Å². The summed E-state index contributed by atoms with van der Waals surface area (Å²) >= 11 is 0. The molecule has 0 aromatic heterocycles. The van der Waals surface area contributed by atoms with Crippen LogP contribution in [0.5, 0.6) is 23.0 Å². The van der Waals surface area contributed by atoms with Crippen molar-refractivity contribution in [1.82, 2.24) is 0 Å². The average Bonchev–Trinajstić information content (AvgIpc) is 2.87. The van der Waals surface area contributed by atoms with E-state index in [1.54, 1.807) is 42.5 Å². The van der Waals surface area contributed by atoms with Crippen LogP contribution in [-0.4, -0.2) is 38.9 Å². The van der Waals surface area contributed by atoms with E-state index in [1.807, 2.05) is 13.0 Å². The summed E-state index contributed by atoms with van der Waals surface area (Å²) in [7, 11) is 1.47. The van der Waals surface area contributed by atoms with Gasteiger partial charge in [-0.3, -0.25) is 0 Å². The second kappa shape index (κ2) is 12.0. The molecule has 3 aromatic rings. The van der Waals surface area contributed by atoms with Crippen LogP contribution >= 0.6 is 0 Å². The Kier molecular flexibility index (Phi) is 8.60. The zero-order chi connectivity index (χ0) is 24.3. The molecule has 0 saturated carbocycles. The Balaban J connectivity index is 1.70. The molecule has 3 rings (SSSR count). The van der Waals surface area contributed by atoms with Crippen molar-refractivity contribution in [2.45, 2.75) is 6.92 Å². The van der Waals surface area contributed by atoms with Crippen molar-refractivity contribution in [3.05, 3.63) is 83.4 Å². The minimum atomic E-state index is -0.775. The van der Waals surface area contributed by atoms with Crippen molar-refractivity contribution in [1.29, 1.82) is 5.26 Å². The smallest absolute Gasteiger partial charge is 0.347 e. The summed E-state index contributed by atoms with van der Waals surface area (Å²) in [5.41, 5.74) is 0.444. The fourth-order valence-corrected chi connectivity index (χ4v) is 2.90. The summed E-state index contributed by atoms with van der Waals surface area (Å²) in [5, 5.41) is 9.33. The van der Waals surface area contributed by atoms with Crippen LogP contribution < -0.4 is 18.9 Å². The lowest BCUT2D eigenvalue weighted by atomic mass is 10.2. The average molecular weight is 461 g/mol. The molecule has 0 N–H and O–H groups in total. The monoisotopic (exact) mass is 461 g/mol. The third-order valence-electron chi connectivity index (χ3n) is 4.61. The third kappa shape index (κ3) is 6.34. The second-order valence-corrected chi connectivity index (χ2v) is 6.82. The van der Waals surface area contributed by atoms with Gasteiger partial charge in [-0.1, -0.05) is 12.1 Å². The molecule has 0 atom stereocenters. The molecule has 8 nitrogen and oxygen atoms in total. The summed E-state index contributed by atoms with van der Waals surface area (Å²) in [5.74, 6) is -0.285. The van der Waals surface area contributed by atoms with Gasteiger partial charge in [-0.2, -0.15) is 5.26 Å². The molecule has 0 aliphatic rings. The predicted molar refractivity (Wildman–Crippen MR) is 122 cm³/mol. The molecule has 0 bridgehead atoms. The van der Waals surface area contributed by atoms with Crippen molar-refractivity contribution in [2.24, 2.45) is 0 Å². The molecule has 174 valence electrons. The van der Waals surface area contributed by atoms with Crippen molar-refractivity contribution in [3.8, 4) is 29.1 Å². The number of hydrogen-bond acceptors (Lipinski definition) is 8. The van der Waals surface area contributed by atoms with E-state index in [0.717, 1.165) is 0 Å². The lowest BCUT2D eigenvalue weighted by Crippen LogP contribution is -2.15. The maximum absolute atomic E-state index is 12.8. The van der Waals surface area contributed by atoms with E-state index in [4.69, 9.17) is 23.7 Å². The van der Waals surface area contributed by atoms with Gasteiger partial charge in [0.25, 0.3) is 0 Å². The van der Waals surface area contributed by atoms with Gasteiger partial charge in [-0.05, 0) is 55.5 Å². The van der Waals surface area contributed by atoms with Crippen molar-refractivity contribution in [3.63, 3.8) is 0 Å². The number of carbonyl (C=O) groups is 2. The normalized spacial score (nSPS) is 10.1. The highest BCUT2D eigenvalue weighted by molar-refractivity contribution is 5.97. The van der Waals surface area contributed by atoms with Gasteiger partial charge in [-0.15, -0.1) is 0 Å². The summed E-state index contributed by atoms with van der Waals surface area (Å²) in [6, 6.07) is 19.1. The maximum Gasteiger partial charge on any atom is 0.347 e. The quantitative estimate of drug-likeness (QED) is 0.248. The third-order valence-corrected chi connectivity index (χ3v) is 4.61. The summed E-state index contributed by atoms with van der Waals surface area (Å²) < 4.78 is 26.7. The molecule has 0 aliphatic carbocycles. The number of rotatable bonds is 10. The van der Waals surface area contributed by atoms with Gasteiger partial charge >= 0.3 is 11.9 Å². The van der Waals surface area contributed by atoms with Crippen LogP contribution in [0.4, 0.5) is 0 Å². The van der Waals surface area contributed by atoms with Gasteiger partial charge in [0.05, 0.1) is 24.8 Å². The molecule has 3 aromatic carbocycles. The number of para-hydroxylation sites is 1. The lowest BCUT2D eigenvalue weighted by molar-refractivity contribution is 0.0706. The first-order valence-electron chi connectivity index (χ1n) is 10.5. The summed E-state index contributed by atoms with van der Waals surface area (Å²) in [6.07, 6.45) is 0. The van der Waals surface area contributed by atoms with Gasteiger partial charge in [0.15, 0.2) is 0 Å². The van der Waals surface area contributed by atoms with Crippen LogP contribution in [0.3, 0.4) is 0 Å². The first kappa shape index (κ1) is 24.3. The number of benzene rings is 3. The minimum Gasteiger partial charge on any atom is -0.497 e. The van der Waals surface area contributed by atoms with Crippen LogP contribution in [0.15, 0.2) is 66.7 Å². The highest BCUT2D eigenvalue weighted by atomic mass is 16.6. The molecule has 0 unspecified atom stereocenters. The molecule has 0 heterocycles. The number of nitrogens with zero attached hydrogens (tertiary/aromatic N) is 1. The molecule has 0 spiro atoms. The molecule has 0 fully saturated rings. The van der Waals surface area contributed by atoms with E-state index in [1.165, 1.54) is 31.4 Å². The van der Waals surface area contributed by atoms with E-state index >= 15 is 0 Å². The Hall–Kier alpha value is -4.35. The molecule has 0 saturated heterocycles. The Labute approximate surface area is 197 Å². The highest BCUT2D eigenvalue weighted by Crippen LogP contribution is 2.26. The Morgan fingerprint density at radius 1 is 0.853 bits per heavy atom. The Morgan fingerprint density at radius 3 is 2.26 bits per heavy atom. The summed E-state index contributed by atoms with van der Waals surface area (Å²) in [6.45, 7) is 3.39. The minimum absolute atomic E-state index is 0.0292. The van der Waals surface area contributed by atoms with E-state index < -0.39 is 11.9 Å². The van der Waals surface area contributed by atoms with Crippen LogP contribution in [0.1, 0.15) is 33.2 Å². The van der Waals surface area contributed by atoms with Crippen LogP contribution in [0.25, 0.3) is 0 Å². The second-order valence-electron chi connectivity index (χ2n) is 6.82. The molecular formula is C26H23NO7. The van der Waals surface area contributed by atoms with Gasteiger partial charge < -0.3 is 23.7 Å². The Morgan fingerprint density at radius 2 is 1.56 bits per heavy atom. The largest absolute Gasteiger partial charge is 0.497 e. The number of esters is 2. The number of hydrogen-bond donors (Lipinski definition) is 0. The van der Waals surface area contributed by atoms with Crippen LogP contribution in [0, 0.1) is 11.3 Å². The SMILES string of the molecule is CCOCCOc1ccc(C(=O)Oc2ccccc2C(=O)Oc2ccc(OC)cc2C#N)cc1. The highest BCUT2D eigenvalue weighted by Gasteiger charge is 2.19. The standard InChI is InChI=1S/C26H23NO7/c1-3-31-14-15-32-20-10-8-18(9-11-20)25(28)34-24-7-5-4-6-22(24)26(29)33-23-13-12-21(30-2)16-19(23)17-27/h4-13,16H,3,14-15H2,1-2H3. The van der Waals surface area contributed by atoms with E-state index in [-0.39, 0.29) is 28.2 Å². The fraction of sp³-hybridized carbons (Fsp3) is 0.192. The van der Waals surface area contributed by atoms with Gasteiger partial charge in [0.2, 0.25) is 0 Å². The van der Waals surface area contributed by atoms with Crippen molar-refractivity contribution in [2.75, 3.05) is 26.9 Å². The number of nitriles is 1. The fourth-order valence-electron chi connectivity index (χ4n) is 2.90. The zero-order valence-corrected chi connectivity index (χ0v) is 18.8. The molecular weight excluding hydrogens is 438 g/mol. The lowest BCUT2D eigenvalue weighted by Gasteiger charge is -2.11. The predicted octanol–water partition coefficient (Wildman–Crippen LogP) is 4.42.